The second-order valence-electron chi connectivity index (χ2n) is 6.63. The van der Waals surface area contributed by atoms with Gasteiger partial charge in [0.25, 0.3) is 0 Å². The number of nitrogens with two attached hydrogens (primary N) is 1. The zero-order chi connectivity index (χ0) is 16.1. The molecule has 2 aliphatic rings. The monoisotopic (exact) mass is 316 g/mol. The molecule has 2 aliphatic heterocycles. The molecule has 2 N–H and O–H groups in total. The van der Waals surface area contributed by atoms with E-state index in [2.05, 4.69) is 46.0 Å². The van der Waals surface area contributed by atoms with Crippen molar-refractivity contribution >= 4 is 11.6 Å². The highest BCUT2D eigenvalue weighted by atomic mass is 16.5. The van der Waals surface area contributed by atoms with Gasteiger partial charge in [-0.15, -0.1) is 0 Å². The molecule has 5 nitrogen and oxygen atoms in total. The summed E-state index contributed by atoms with van der Waals surface area (Å²) in [6.45, 7) is 8.58. The molecule has 126 valence electrons. The van der Waals surface area contributed by atoms with E-state index in [0.717, 1.165) is 39.4 Å². The van der Waals surface area contributed by atoms with Gasteiger partial charge < -0.3 is 20.3 Å². The summed E-state index contributed by atoms with van der Waals surface area (Å²) in [5.74, 6) is 1.40. The predicted octanol–water partition coefficient (Wildman–Crippen LogP) is 2.07. The van der Waals surface area contributed by atoms with Crippen molar-refractivity contribution in [3.63, 3.8) is 0 Å². The summed E-state index contributed by atoms with van der Waals surface area (Å²) >= 11 is 0. The second kappa shape index (κ2) is 7.68. The van der Waals surface area contributed by atoms with Gasteiger partial charge in [0.1, 0.15) is 0 Å². The zero-order valence-corrected chi connectivity index (χ0v) is 14.1. The maximum atomic E-state index is 6.16. The van der Waals surface area contributed by atoms with Crippen LogP contribution in [0.5, 0.6) is 0 Å². The fourth-order valence-corrected chi connectivity index (χ4v) is 3.30. The normalized spacial score (nSPS) is 23.2. The molecule has 1 unspecified atom stereocenters. The van der Waals surface area contributed by atoms with Crippen LogP contribution in [-0.2, 0) is 11.3 Å². The number of aliphatic imine (C=N–C) groups is 1. The van der Waals surface area contributed by atoms with Gasteiger partial charge in [-0.1, -0.05) is 19.1 Å². The number of piperidine rings is 1. The highest BCUT2D eigenvalue weighted by Gasteiger charge is 2.17. The first-order valence-electron chi connectivity index (χ1n) is 8.69. The quantitative estimate of drug-likeness (QED) is 0.685. The topological polar surface area (TPSA) is 54.1 Å². The van der Waals surface area contributed by atoms with Gasteiger partial charge in [-0.05, 0) is 36.5 Å². The lowest BCUT2D eigenvalue weighted by atomic mass is 10.0. The number of anilines is 1. The van der Waals surface area contributed by atoms with Gasteiger partial charge in [-0.25, -0.2) is 4.99 Å². The summed E-state index contributed by atoms with van der Waals surface area (Å²) in [6.07, 6.45) is 2.51. The smallest absolute Gasteiger partial charge is 0.191 e. The van der Waals surface area contributed by atoms with Gasteiger partial charge in [-0.3, -0.25) is 0 Å². The van der Waals surface area contributed by atoms with Gasteiger partial charge in [0.15, 0.2) is 5.96 Å². The number of morpholine rings is 1. The maximum absolute atomic E-state index is 6.16. The molecule has 1 aromatic carbocycles. The molecule has 0 saturated carbocycles. The van der Waals surface area contributed by atoms with Crippen molar-refractivity contribution in [1.82, 2.24) is 4.90 Å². The van der Waals surface area contributed by atoms with Crippen molar-refractivity contribution in [2.45, 2.75) is 26.3 Å². The molecule has 2 heterocycles. The second-order valence-corrected chi connectivity index (χ2v) is 6.63. The van der Waals surface area contributed by atoms with Crippen molar-refractivity contribution < 1.29 is 4.74 Å². The number of nitrogens with zero attached hydrogens (tertiary/aromatic N) is 3. The molecular weight excluding hydrogens is 288 g/mol. The number of hydrogen-bond acceptors (Lipinski definition) is 3. The van der Waals surface area contributed by atoms with E-state index in [-0.39, 0.29) is 0 Å². The molecule has 3 rings (SSSR count). The van der Waals surface area contributed by atoms with Crippen molar-refractivity contribution in [2.75, 3.05) is 44.3 Å². The highest BCUT2D eigenvalue weighted by Crippen LogP contribution is 2.18. The molecule has 0 amide bonds. The van der Waals surface area contributed by atoms with E-state index < -0.39 is 0 Å². The van der Waals surface area contributed by atoms with Crippen LogP contribution in [0, 0.1) is 5.92 Å². The fourth-order valence-electron chi connectivity index (χ4n) is 3.30. The van der Waals surface area contributed by atoms with Crippen LogP contribution in [0.2, 0.25) is 0 Å². The SMILES string of the molecule is CC1CCCN(C(N)=NCc2ccc(N3CCOCC3)cc2)C1. The third-order valence-corrected chi connectivity index (χ3v) is 4.72. The van der Waals surface area contributed by atoms with Crippen LogP contribution in [0.4, 0.5) is 5.69 Å². The average molecular weight is 316 g/mol. The minimum atomic E-state index is 0.653. The highest BCUT2D eigenvalue weighted by molar-refractivity contribution is 5.78. The molecule has 23 heavy (non-hydrogen) atoms. The molecule has 0 bridgehead atoms. The van der Waals surface area contributed by atoms with Crippen molar-refractivity contribution in [3.05, 3.63) is 29.8 Å². The van der Waals surface area contributed by atoms with E-state index in [1.54, 1.807) is 0 Å². The molecular formula is C18H28N4O. The minimum absolute atomic E-state index is 0.653. The van der Waals surface area contributed by atoms with Crippen LogP contribution in [0.1, 0.15) is 25.3 Å². The summed E-state index contributed by atoms with van der Waals surface area (Å²) in [6, 6.07) is 8.66. The predicted molar refractivity (Wildman–Crippen MR) is 94.8 cm³/mol. The van der Waals surface area contributed by atoms with Crippen molar-refractivity contribution in [3.8, 4) is 0 Å². The Morgan fingerprint density at radius 2 is 1.96 bits per heavy atom. The number of hydrogen-bond donors (Lipinski definition) is 1. The number of likely N-dealkylation sites (tertiary alicyclic amines) is 1. The van der Waals surface area contributed by atoms with Crippen LogP contribution in [0.3, 0.4) is 0 Å². The summed E-state index contributed by atoms with van der Waals surface area (Å²) in [4.78, 5) is 9.16. The summed E-state index contributed by atoms with van der Waals surface area (Å²) < 4.78 is 5.40. The fraction of sp³-hybridized carbons (Fsp3) is 0.611. The van der Waals surface area contributed by atoms with E-state index >= 15 is 0 Å². The third kappa shape index (κ3) is 4.38. The van der Waals surface area contributed by atoms with Crippen LogP contribution >= 0.6 is 0 Å². The number of rotatable bonds is 3. The maximum Gasteiger partial charge on any atom is 0.191 e. The Morgan fingerprint density at radius 3 is 2.65 bits per heavy atom. The molecule has 0 spiro atoms. The number of guanidine groups is 1. The Hall–Kier alpha value is -1.75. The average Bonchev–Trinajstić information content (AvgIpc) is 2.61. The molecule has 0 aromatic heterocycles. The molecule has 2 fully saturated rings. The van der Waals surface area contributed by atoms with E-state index in [4.69, 9.17) is 10.5 Å². The molecule has 1 atom stereocenters. The van der Waals surface area contributed by atoms with E-state index in [1.807, 2.05) is 0 Å². The standard InChI is InChI=1S/C18H28N4O/c1-15-3-2-8-22(14-15)18(19)20-13-16-4-6-17(7-5-16)21-9-11-23-12-10-21/h4-7,15H,2-3,8-14H2,1H3,(H2,19,20). The Kier molecular flexibility index (Phi) is 5.39. The van der Waals surface area contributed by atoms with Gasteiger partial charge in [0.05, 0.1) is 19.8 Å². The van der Waals surface area contributed by atoms with Gasteiger partial charge in [0.2, 0.25) is 0 Å². The molecule has 5 heteroatoms. The van der Waals surface area contributed by atoms with E-state index in [9.17, 15) is 0 Å². The van der Waals surface area contributed by atoms with Gasteiger partial charge in [-0.2, -0.15) is 0 Å². The largest absolute Gasteiger partial charge is 0.378 e. The van der Waals surface area contributed by atoms with Crippen LogP contribution < -0.4 is 10.6 Å². The molecule has 2 saturated heterocycles. The third-order valence-electron chi connectivity index (χ3n) is 4.72. The Bertz CT molecular complexity index is 522. The first kappa shape index (κ1) is 16.1. The minimum Gasteiger partial charge on any atom is -0.378 e. The van der Waals surface area contributed by atoms with Crippen LogP contribution in [-0.4, -0.2) is 50.3 Å². The molecule has 1 aromatic rings. The zero-order valence-electron chi connectivity index (χ0n) is 14.1. The Balaban J connectivity index is 1.56. The van der Waals surface area contributed by atoms with E-state index in [1.165, 1.54) is 24.1 Å². The first-order valence-corrected chi connectivity index (χ1v) is 8.69. The van der Waals surface area contributed by atoms with E-state index in [0.29, 0.717) is 18.4 Å². The summed E-state index contributed by atoms with van der Waals surface area (Å²) in [7, 11) is 0. The summed E-state index contributed by atoms with van der Waals surface area (Å²) in [5, 5.41) is 0. The number of ether oxygens (including phenoxy) is 1. The van der Waals surface area contributed by atoms with Crippen molar-refractivity contribution in [2.24, 2.45) is 16.6 Å². The Labute approximate surface area is 139 Å². The van der Waals surface area contributed by atoms with Crippen LogP contribution in [0.25, 0.3) is 0 Å². The summed E-state index contributed by atoms with van der Waals surface area (Å²) in [5.41, 5.74) is 8.63. The lowest BCUT2D eigenvalue weighted by molar-refractivity contribution is 0.122. The number of benzene rings is 1. The first-order chi connectivity index (χ1) is 11.2. The Morgan fingerprint density at radius 1 is 1.22 bits per heavy atom. The lowest BCUT2D eigenvalue weighted by Gasteiger charge is -2.31. The molecule has 0 aliphatic carbocycles. The van der Waals surface area contributed by atoms with Gasteiger partial charge in [0, 0.05) is 31.9 Å². The van der Waals surface area contributed by atoms with Crippen molar-refractivity contribution in [1.29, 1.82) is 0 Å². The molecule has 0 radical (unpaired) electrons. The van der Waals surface area contributed by atoms with Gasteiger partial charge >= 0.3 is 0 Å². The van der Waals surface area contributed by atoms with Crippen LogP contribution in [0.15, 0.2) is 29.3 Å². The lowest BCUT2D eigenvalue weighted by Crippen LogP contribution is -2.43.